The molecule has 0 aliphatic rings. The van der Waals surface area contributed by atoms with Crippen molar-refractivity contribution in [3.63, 3.8) is 0 Å². The predicted molar refractivity (Wildman–Crippen MR) is 131 cm³/mol. The molecule has 0 unspecified atom stereocenters. The van der Waals surface area contributed by atoms with Crippen LogP contribution in [-0.4, -0.2) is 20.7 Å². The molecule has 5 rings (SSSR count). The van der Waals surface area contributed by atoms with Crippen molar-refractivity contribution in [2.24, 2.45) is 0 Å². The molecule has 0 saturated carbocycles. The molecule has 0 fully saturated rings. The largest absolute Gasteiger partial charge is 0.436 e. The Hall–Kier alpha value is -4.45. The number of hydrogen-bond acceptors (Lipinski definition) is 4. The first-order chi connectivity index (χ1) is 16.7. The summed E-state index contributed by atoms with van der Waals surface area (Å²) in [5.74, 6) is 0.913. The van der Waals surface area contributed by atoms with Crippen LogP contribution in [0.3, 0.4) is 0 Å². The lowest BCUT2D eigenvalue weighted by molar-refractivity contribution is 0.0951. The summed E-state index contributed by atoms with van der Waals surface area (Å²) in [7, 11) is 0. The molecule has 2 heterocycles. The highest BCUT2D eigenvalue weighted by Gasteiger charge is 2.17. The fourth-order valence-corrected chi connectivity index (χ4v) is 3.74. The molecule has 168 valence electrons. The van der Waals surface area contributed by atoms with Gasteiger partial charge in [-0.2, -0.15) is 5.10 Å². The minimum Gasteiger partial charge on any atom is -0.436 e. The second-order valence-electron chi connectivity index (χ2n) is 8.14. The van der Waals surface area contributed by atoms with Crippen molar-refractivity contribution in [1.82, 2.24) is 20.1 Å². The lowest BCUT2D eigenvalue weighted by Gasteiger charge is -2.09. The minimum absolute atomic E-state index is 0.175. The Morgan fingerprint density at radius 1 is 0.941 bits per heavy atom. The smallest absolute Gasteiger partial charge is 0.252 e. The summed E-state index contributed by atoms with van der Waals surface area (Å²) in [6.45, 7) is 3.18. The Morgan fingerprint density at radius 2 is 1.71 bits per heavy atom. The van der Waals surface area contributed by atoms with Gasteiger partial charge in [0.25, 0.3) is 5.91 Å². The van der Waals surface area contributed by atoms with Crippen molar-refractivity contribution >= 4 is 5.91 Å². The fraction of sp³-hybridized carbons (Fsp3) is 0.107. The summed E-state index contributed by atoms with van der Waals surface area (Å²) in [6, 6.07) is 25.5. The van der Waals surface area contributed by atoms with E-state index in [1.807, 2.05) is 78.5 Å². The van der Waals surface area contributed by atoms with E-state index in [4.69, 9.17) is 4.42 Å². The third-order valence-electron chi connectivity index (χ3n) is 5.62. The summed E-state index contributed by atoms with van der Waals surface area (Å²) in [6.07, 6.45) is 5.39. The van der Waals surface area contributed by atoms with Crippen LogP contribution in [0.1, 0.15) is 27.0 Å². The van der Waals surface area contributed by atoms with Gasteiger partial charge in [-0.05, 0) is 36.2 Å². The lowest BCUT2D eigenvalue weighted by atomic mass is 10.1. The van der Waals surface area contributed by atoms with Gasteiger partial charge in [0.1, 0.15) is 0 Å². The third-order valence-corrected chi connectivity index (χ3v) is 5.62. The molecule has 1 N–H and O–H groups in total. The second kappa shape index (κ2) is 9.58. The highest BCUT2D eigenvalue weighted by Crippen LogP contribution is 2.28. The van der Waals surface area contributed by atoms with E-state index >= 15 is 0 Å². The van der Waals surface area contributed by atoms with E-state index in [0.29, 0.717) is 35.9 Å². The number of amides is 1. The van der Waals surface area contributed by atoms with Crippen LogP contribution in [0.15, 0.2) is 102 Å². The third kappa shape index (κ3) is 4.81. The molecule has 0 aliphatic carbocycles. The fourth-order valence-electron chi connectivity index (χ4n) is 3.74. The van der Waals surface area contributed by atoms with Crippen LogP contribution in [0.2, 0.25) is 0 Å². The molecule has 0 bridgehead atoms. The number of nitrogens with one attached hydrogen (secondary N) is 1. The summed E-state index contributed by atoms with van der Waals surface area (Å²) >= 11 is 0. The number of aromatic nitrogens is 3. The topological polar surface area (TPSA) is 73.0 Å². The zero-order valence-electron chi connectivity index (χ0n) is 18.8. The van der Waals surface area contributed by atoms with Gasteiger partial charge in [0.2, 0.25) is 5.89 Å². The molecule has 3 aromatic carbocycles. The van der Waals surface area contributed by atoms with Crippen LogP contribution in [0.5, 0.6) is 0 Å². The van der Waals surface area contributed by atoms with E-state index in [2.05, 4.69) is 27.5 Å². The summed E-state index contributed by atoms with van der Waals surface area (Å²) < 4.78 is 7.88. The van der Waals surface area contributed by atoms with Gasteiger partial charge in [-0.1, -0.05) is 66.2 Å². The molecule has 34 heavy (non-hydrogen) atoms. The van der Waals surface area contributed by atoms with E-state index in [1.165, 1.54) is 5.56 Å². The molecular weight excluding hydrogens is 424 g/mol. The van der Waals surface area contributed by atoms with Crippen LogP contribution in [0.4, 0.5) is 0 Å². The van der Waals surface area contributed by atoms with Crippen molar-refractivity contribution in [3.8, 4) is 22.8 Å². The summed E-state index contributed by atoms with van der Waals surface area (Å²) in [5, 5.41) is 7.24. The number of oxazole rings is 1. The maximum absolute atomic E-state index is 13.0. The van der Waals surface area contributed by atoms with Crippen LogP contribution < -0.4 is 5.32 Å². The maximum atomic E-state index is 13.0. The molecule has 5 aromatic rings. The highest BCUT2D eigenvalue weighted by atomic mass is 16.4. The van der Waals surface area contributed by atoms with E-state index in [9.17, 15) is 4.79 Å². The van der Waals surface area contributed by atoms with Crippen molar-refractivity contribution in [2.75, 3.05) is 0 Å². The number of carbonyl (C=O) groups excluding carboxylic acids is 1. The zero-order chi connectivity index (χ0) is 23.3. The van der Waals surface area contributed by atoms with Gasteiger partial charge in [-0.15, -0.1) is 0 Å². The number of carbonyl (C=O) groups is 1. The second-order valence-corrected chi connectivity index (χ2v) is 8.14. The number of nitrogens with zero attached hydrogens (tertiary/aromatic N) is 3. The zero-order valence-corrected chi connectivity index (χ0v) is 18.8. The van der Waals surface area contributed by atoms with Gasteiger partial charge in [0.05, 0.1) is 18.3 Å². The van der Waals surface area contributed by atoms with Crippen LogP contribution >= 0.6 is 0 Å². The number of rotatable bonds is 7. The quantitative estimate of drug-likeness (QED) is 0.357. The number of benzene rings is 3. The van der Waals surface area contributed by atoms with Crippen molar-refractivity contribution in [2.45, 2.75) is 20.0 Å². The molecule has 6 heteroatoms. The number of aryl methyl sites for hydroxylation is 1. The predicted octanol–water partition coefficient (Wildman–Crippen LogP) is 5.49. The van der Waals surface area contributed by atoms with E-state index < -0.39 is 0 Å². The Labute approximate surface area is 197 Å². The molecule has 0 aliphatic heterocycles. The van der Waals surface area contributed by atoms with Crippen molar-refractivity contribution in [3.05, 3.63) is 120 Å². The molecule has 1 amide bonds. The van der Waals surface area contributed by atoms with Gasteiger partial charge < -0.3 is 9.73 Å². The molecule has 0 saturated heterocycles. The van der Waals surface area contributed by atoms with Crippen LogP contribution in [0, 0.1) is 6.92 Å². The highest BCUT2D eigenvalue weighted by molar-refractivity contribution is 6.00. The normalized spacial score (nSPS) is 10.9. The van der Waals surface area contributed by atoms with Gasteiger partial charge in [-0.3, -0.25) is 9.48 Å². The first-order valence-electron chi connectivity index (χ1n) is 11.1. The van der Waals surface area contributed by atoms with Gasteiger partial charge in [0.15, 0.2) is 5.76 Å². The monoisotopic (exact) mass is 448 g/mol. The standard InChI is InChI=1S/C28H24N4O2/c1-20-7-13-23(14-8-20)26-18-30-28(34-26)25-6-3-2-5-24(25)27(33)29-17-21-9-11-22(12-10-21)19-32-16-4-15-31-32/h2-16,18H,17,19H2,1H3,(H,29,33). The summed E-state index contributed by atoms with van der Waals surface area (Å²) in [5.41, 5.74) is 5.48. The maximum Gasteiger partial charge on any atom is 0.252 e. The Balaban J connectivity index is 1.28. The van der Waals surface area contributed by atoms with Crippen molar-refractivity contribution < 1.29 is 9.21 Å². The van der Waals surface area contributed by atoms with Crippen LogP contribution in [0.25, 0.3) is 22.8 Å². The minimum atomic E-state index is -0.175. The van der Waals surface area contributed by atoms with Crippen molar-refractivity contribution in [1.29, 1.82) is 0 Å². The van der Waals surface area contributed by atoms with Gasteiger partial charge in [0, 0.05) is 30.1 Å². The molecule has 0 atom stereocenters. The summed E-state index contributed by atoms with van der Waals surface area (Å²) in [4.78, 5) is 17.4. The average molecular weight is 449 g/mol. The molecule has 0 radical (unpaired) electrons. The van der Waals surface area contributed by atoms with E-state index in [1.54, 1.807) is 18.5 Å². The molecule has 2 aromatic heterocycles. The molecule has 6 nitrogen and oxygen atoms in total. The lowest BCUT2D eigenvalue weighted by Crippen LogP contribution is -2.23. The first kappa shape index (κ1) is 21.4. The number of hydrogen-bond donors (Lipinski definition) is 1. The SMILES string of the molecule is Cc1ccc(-c2cnc(-c3ccccc3C(=O)NCc3ccc(Cn4cccn4)cc3)o2)cc1. The average Bonchev–Trinajstić information content (AvgIpc) is 3.57. The Kier molecular flexibility index (Phi) is 6.03. The Morgan fingerprint density at radius 3 is 2.47 bits per heavy atom. The van der Waals surface area contributed by atoms with Gasteiger partial charge >= 0.3 is 0 Å². The molecular formula is C28H24N4O2. The van der Waals surface area contributed by atoms with Gasteiger partial charge in [-0.25, -0.2) is 4.98 Å². The molecule has 0 spiro atoms. The van der Waals surface area contributed by atoms with Crippen LogP contribution in [-0.2, 0) is 13.1 Å². The first-order valence-corrected chi connectivity index (χ1v) is 11.1. The van der Waals surface area contributed by atoms with E-state index in [0.717, 1.165) is 16.7 Å². The Bertz CT molecular complexity index is 1390. The van der Waals surface area contributed by atoms with E-state index in [-0.39, 0.29) is 5.91 Å².